The zero-order valence-corrected chi connectivity index (χ0v) is 9.38. The predicted octanol–water partition coefficient (Wildman–Crippen LogP) is 1.80. The van der Waals surface area contributed by atoms with Crippen molar-refractivity contribution in [2.75, 3.05) is 6.26 Å². The highest BCUT2D eigenvalue weighted by molar-refractivity contribution is 7.98. The van der Waals surface area contributed by atoms with Gasteiger partial charge < -0.3 is 10.2 Å². The van der Waals surface area contributed by atoms with Gasteiger partial charge >= 0.3 is 0 Å². The van der Waals surface area contributed by atoms with Crippen LogP contribution in [-0.4, -0.2) is 16.5 Å². The molecule has 0 aliphatic heterocycles. The van der Waals surface area contributed by atoms with Crippen molar-refractivity contribution in [2.24, 2.45) is 7.05 Å². The van der Waals surface area contributed by atoms with Crippen LogP contribution in [0.25, 0.3) is 10.9 Å². The second kappa shape index (κ2) is 3.62. The molecule has 0 spiro atoms. The molecule has 1 aromatic carbocycles. The molecule has 3 nitrogen and oxygen atoms in total. The Bertz CT molecular complexity index is 525. The van der Waals surface area contributed by atoms with Crippen LogP contribution >= 0.6 is 11.8 Å². The normalized spacial score (nSPS) is 10.8. The van der Waals surface area contributed by atoms with Gasteiger partial charge in [0.15, 0.2) is 17.7 Å². The van der Waals surface area contributed by atoms with E-state index in [0.29, 0.717) is 0 Å². The number of benzene rings is 1. The van der Waals surface area contributed by atoms with Crippen LogP contribution in [0.1, 0.15) is 0 Å². The van der Waals surface area contributed by atoms with Crippen LogP contribution in [0.3, 0.4) is 0 Å². The fourth-order valence-electron chi connectivity index (χ4n) is 1.57. The number of rotatable bonds is 1. The number of thioether (sulfide) groups is 1. The van der Waals surface area contributed by atoms with Crippen LogP contribution in [0.5, 0.6) is 11.5 Å². The molecule has 0 unspecified atom stereocenters. The first-order valence-corrected chi connectivity index (χ1v) is 5.73. The molecule has 0 saturated carbocycles. The summed E-state index contributed by atoms with van der Waals surface area (Å²) in [7, 11) is 1.92. The van der Waals surface area contributed by atoms with Gasteiger partial charge in [0.1, 0.15) is 7.05 Å². The number of hydrogen-bond donors (Lipinski definition) is 2. The number of nitrogens with zero attached hydrogens (tertiary/aromatic N) is 1. The average molecular weight is 222 g/mol. The monoisotopic (exact) mass is 222 g/mol. The molecular weight excluding hydrogens is 210 g/mol. The lowest BCUT2D eigenvalue weighted by Crippen LogP contribution is -2.28. The molecule has 15 heavy (non-hydrogen) atoms. The number of aromatic hydroxyl groups is 2. The molecule has 4 heteroatoms. The van der Waals surface area contributed by atoms with E-state index in [2.05, 4.69) is 0 Å². The summed E-state index contributed by atoms with van der Waals surface area (Å²) in [6.45, 7) is 0. The van der Waals surface area contributed by atoms with Crippen molar-refractivity contribution in [1.82, 2.24) is 0 Å². The second-order valence-electron chi connectivity index (χ2n) is 3.39. The number of aryl methyl sites for hydroxylation is 1. The summed E-state index contributed by atoms with van der Waals surface area (Å²) in [5, 5.41) is 19.7. The van der Waals surface area contributed by atoms with Crippen LogP contribution in [-0.2, 0) is 7.05 Å². The lowest BCUT2D eigenvalue weighted by atomic mass is 10.2. The molecule has 0 bridgehead atoms. The Morgan fingerprint density at radius 1 is 1.13 bits per heavy atom. The van der Waals surface area contributed by atoms with Crippen LogP contribution in [0, 0.1) is 0 Å². The van der Waals surface area contributed by atoms with Crippen molar-refractivity contribution in [3.63, 3.8) is 0 Å². The smallest absolute Gasteiger partial charge is 0.216 e. The largest absolute Gasteiger partial charge is 0.504 e. The highest BCUT2D eigenvalue weighted by atomic mass is 32.2. The van der Waals surface area contributed by atoms with Crippen LogP contribution in [0.4, 0.5) is 0 Å². The highest BCUT2D eigenvalue weighted by Crippen LogP contribution is 2.29. The van der Waals surface area contributed by atoms with Crippen molar-refractivity contribution in [3.05, 3.63) is 24.4 Å². The third kappa shape index (κ3) is 1.72. The molecule has 0 fully saturated rings. The molecule has 2 aromatic rings. The molecule has 0 aliphatic carbocycles. The summed E-state index contributed by atoms with van der Waals surface area (Å²) < 4.78 is 1.93. The molecule has 78 valence electrons. The highest BCUT2D eigenvalue weighted by Gasteiger charge is 2.11. The van der Waals surface area contributed by atoms with Crippen LogP contribution in [0.15, 0.2) is 29.3 Å². The van der Waals surface area contributed by atoms with Gasteiger partial charge in [0.25, 0.3) is 0 Å². The van der Waals surface area contributed by atoms with Gasteiger partial charge in [0, 0.05) is 0 Å². The van der Waals surface area contributed by atoms with Crippen molar-refractivity contribution < 1.29 is 14.8 Å². The van der Waals surface area contributed by atoms with E-state index in [4.69, 9.17) is 0 Å². The van der Waals surface area contributed by atoms with Gasteiger partial charge in [-0.1, -0.05) is 0 Å². The molecular formula is C11H12NO2S+. The van der Waals surface area contributed by atoms with Gasteiger partial charge in [-0.3, -0.25) is 0 Å². The van der Waals surface area contributed by atoms with Gasteiger partial charge in [-0.05, 0) is 18.4 Å². The Morgan fingerprint density at radius 2 is 1.80 bits per heavy atom. The summed E-state index contributed by atoms with van der Waals surface area (Å²) >= 11 is 1.64. The van der Waals surface area contributed by atoms with E-state index in [-0.39, 0.29) is 11.5 Å². The first-order chi connectivity index (χ1) is 7.11. The van der Waals surface area contributed by atoms with Crippen molar-refractivity contribution in [2.45, 2.75) is 4.90 Å². The number of fused-ring (bicyclic) bond motifs is 1. The Hall–Kier alpha value is -1.42. The minimum Gasteiger partial charge on any atom is -0.504 e. The Morgan fingerprint density at radius 3 is 2.47 bits per heavy atom. The van der Waals surface area contributed by atoms with E-state index in [1.165, 1.54) is 0 Å². The SMILES string of the molecule is CSc1cc2cc(O)c(O)cc2[n+](C)c1. The van der Waals surface area contributed by atoms with Crippen LogP contribution in [0.2, 0.25) is 0 Å². The van der Waals surface area contributed by atoms with Crippen molar-refractivity contribution >= 4 is 22.7 Å². The van der Waals surface area contributed by atoms with E-state index in [1.54, 1.807) is 23.9 Å². The van der Waals surface area contributed by atoms with Gasteiger partial charge in [0.2, 0.25) is 5.52 Å². The second-order valence-corrected chi connectivity index (χ2v) is 4.27. The standard InChI is InChI=1S/C11H11NO2S/c1-12-6-8(15-2)3-7-4-10(13)11(14)5-9(7)12/h3-6,13H,1-2H3/p+1. The van der Waals surface area contributed by atoms with Crippen molar-refractivity contribution in [1.29, 1.82) is 0 Å². The van der Waals surface area contributed by atoms with Crippen molar-refractivity contribution in [3.8, 4) is 11.5 Å². The minimum atomic E-state index is -0.0880. The number of phenolic OH excluding ortho intramolecular Hbond substituents is 2. The zero-order chi connectivity index (χ0) is 11.0. The quantitative estimate of drug-likeness (QED) is 0.439. The maximum atomic E-state index is 9.41. The molecule has 1 heterocycles. The third-order valence-corrected chi connectivity index (χ3v) is 3.05. The molecule has 0 amide bonds. The maximum absolute atomic E-state index is 9.41. The maximum Gasteiger partial charge on any atom is 0.216 e. The zero-order valence-electron chi connectivity index (χ0n) is 8.56. The fraction of sp³-hybridized carbons (Fsp3) is 0.182. The number of pyridine rings is 1. The summed E-state index contributed by atoms with van der Waals surface area (Å²) in [6, 6.07) is 5.12. The first kappa shape index (κ1) is 10.1. The summed E-state index contributed by atoms with van der Waals surface area (Å²) in [4.78, 5) is 1.12. The first-order valence-electron chi connectivity index (χ1n) is 4.51. The van der Waals surface area contributed by atoms with Gasteiger partial charge in [-0.15, -0.1) is 11.8 Å². The molecule has 0 atom stereocenters. The van der Waals surface area contributed by atoms with Gasteiger partial charge in [-0.25, -0.2) is 0 Å². The summed E-state index contributed by atoms with van der Waals surface area (Å²) in [5.74, 6) is -0.171. The Labute approximate surface area is 92.0 Å². The molecule has 1 aromatic heterocycles. The van der Waals surface area contributed by atoms with E-state index in [9.17, 15) is 10.2 Å². The molecule has 0 saturated heterocycles. The molecule has 2 rings (SSSR count). The number of aromatic nitrogens is 1. The Balaban J connectivity index is 2.80. The molecule has 0 aliphatic rings. The van der Waals surface area contributed by atoms with E-state index in [0.717, 1.165) is 15.8 Å². The van der Waals surface area contributed by atoms with Gasteiger partial charge in [-0.2, -0.15) is 4.57 Å². The van der Waals surface area contributed by atoms with E-state index < -0.39 is 0 Å². The lowest BCUT2D eigenvalue weighted by molar-refractivity contribution is -0.646. The van der Waals surface area contributed by atoms with E-state index in [1.807, 2.05) is 30.1 Å². The topological polar surface area (TPSA) is 44.3 Å². The lowest BCUT2D eigenvalue weighted by Gasteiger charge is -2.02. The average Bonchev–Trinajstić information content (AvgIpc) is 2.21. The Kier molecular flexibility index (Phi) is 2.44. The van der Waals surface area contributed by atoms with Crippen LogP contribution < -0.4 is 4.57 Å². The minimum absolute atomic E-state index is 0.0826. The predicted molar refractivity (Wildman–Crippen MR) is 60.2 cm³/mol. The summed E-state index contributed by atoms with van der Waals surface area (Å²) in [5.41, 5.74) is 0.892. The third-order valence-electron chi connectivity index (χ3n) is 2.36. The molecule has 0 radical (unpaired) electrons. The number of phenols is 2. The summed E-state index contributed by atoms with van der Waals surface area (Å²) in [6.07, 6.45) is 3.99. The fourth-order valence-corrected chi connectivity index (χ4v) is 2.07. The van der Waals surface area contributed by atoms with Gasteiger partial charge in [0.05, 0.1) is 16.3 Å². The number of hydrogen-bond acceptors (Lipinski definition) is 3. The van der Waals surface area contributed by atoms with E-state index >= 15 is 0 Å². The molecule has 2 N–H and O–H groups in total.